The van der Waals surface area contributed by atoms with E-state index in [-0.39, 0.29) is 6.61 Å². The summed E-state index contributed by atoms with van der Waals surface area (Å²) in [4.78, 5) is 2.26. The first kappa shape index (κ1) is 13.1. The van der Waals surface area contributed by atoms with Crippen LogP contribution in [0.5, 0.6) is 0 Å². The van der Waals surface area contributed by atoms with E-state index in [2.05, 4.69) is 35.1 Å². The number of nitrogens with zero attached hydrogens (tertiary/aromatic N) is 1. The molecule has 96 valence electrons. The van der Waals surface area contributed by atoms with Crippen LogP contribution in [0.3, 0.4) is 0 Å². The zero-order valence-electron chi connectivity index (χ0n) is 10.5. The maximum absolute atomic E-state index is 9.84. The molecule has 1 aliphatic rings. The molecule has 3 nitrogen and oxygen atoms in total. The highest BCUT2D eigenvalue weighted by Crippen LogP contribution is 2.18. The maximum Gasteiger partial charge on any atom is 0.107 e. The van der Waals surface area contributed by atoms with Gasteiger partial charge in [0, 0.05) is 19.6 Å². The van der Waals surface area contributed by atoms with E-state index in [0.29, 0.717) is 13.2 Å². The van der Waals surface area contributed by atoms with Gasteiger partial charge in [-0.25, -0.2) is 0 Å². The largest absolute Gasteiger partial charge is 0.389 e. The SMILES string of the molecule is C#CCOCC(O)CN1CCc2ccccc2C1. The summed E-state index contributed by atoms with van der Waals surface area (Å²) >= 11 is 0. The summed E-state index contributed by atoms with van der Waals surface area (Å²) < 4.78 is 5.14. The maximum atomic E-state index is 9.84. The second-order valence-corrected chi connectivity index (χ2v) is 4.63. The van der Waals surface area contributed by atoms with Gasteiger partial charge in [0.05, 0.1) is 12.7 Å². The molecule has 1 heterocycles. The van der Waals surface area contributed by atoms with Crippen molar-refractivity contribution >= 4 is 0 Å². The third kappa shape index (κ3) is 3.58. The molecule has 0 saturated heterocycles. The van der Waals surface area contributed by atoms with Crippen LogP contribution < -0.4 is 0 Å². The number of aliphatic hydroxyl groups is 1. The van der Waals surface area contributed by atoms with Gasteiger partial charge in [-0.2, -0.15) is 0 Å². The molecule has 0 aromatic heterocycles. The van der Waals surface area contributed by atoms with Gasteiger partial charge in [0.1, 0.15) is 6.61 Å². The van der Waals surface area contributed by atoms with Crippen molar-refractivity contribution < 1.29 is 9.84 Å². The Morgan fingerprint density at radius 2 is 2.17 bits per heavy atom. The molecule has 0 amide bonds. The molecule has 18 heavy (non-hydrogen) atoms. The molecule has 0 aliphatic carbocycles. The molecule has 1 atom stereocenters. The molecule has 1 N–H and O–H groups in total. The lowest BCUT2D eigenvalue weighted by Gasteiger charge is -2.30. The van der Waals surface area contributed by atoms with Gasteiger partial charge in [0.15, 0.2) is 0 Å². The molecule has 0 radical (unpaired) electrons. The second-order valence-electron chi connectivity index (χ2n) is 4.63. The van der Waals surface area contributed by atoms with Crippen molar-refractivity contribution in [1.82, 2.24) is 4.90 Å². The summed E-state index contributed by atoms with van der Waals surface area (Å²) in [6, 6.07) is 8.48. The van der Waals surface area contributed by atoms with Crippen molar-refractivity contribution in [3.05, 3.63) is 35.4 Å². The zero-order valence-corrected chi connectivity index (χ0v) is 10.5. The summed E-state index contributed by atoms with van der Waals surface area (Å²) in [6.45, 7) is 3.10. The van der Waals surface area contributed by atoms with Gasteiger partial charge in [-0.15, -0.1) is 6.42 Å². The number of β-amino-alcohol motifs (C(OH)–C–C–N with tert-alkyl or cyclic N) is 1. The first-order chi connectivity index (χ1) is 8.79. The lowest BCUT2D eigenvalue weighted by atomic mass is 10.00. The summed E-state index contributed by atoms with van der Waals surface area (Å²) in [5, 5.41) is 9.84. The Hall–Kier alpha value is -1.34. The monoisotopic (exact) mass is 245 g/mol. The predicted octanol–water partition coefficient (Wildman–Crippen LogP) is 1.06. The highest BCUT2D eigenvalue weighted by molar-refractivity contribution is 5.29. The Morgan fingerprint density at radius 3 is 2.94 bits per heavy atom. The van der Waals surface area contributed by atoms with Gasteiger partial charge in [0.25, 0.3) is 0 Å². The lowest BCUT2D eigenvalue weighted by Crippen LogP contribution is -2.38. The van der Waals surface area contributed by atoms with E-state index in [1.165, 1.54) is 11.1 Å². The van der Waals surface area contributed by atoms with E-state index in [4.69, 9.17) is 11.2 Å². The van der Waals surface area contributed by atoms with Gasteiger partial charge in [-0.1, -0.05) is 30.2 Å². The Kier molecular flexibility index (Phi) is 4.77. The van der Waals surface area contributed by atoms with Crippen molar-refractivity contribution in [3.8, 4) is 12.3 Å². The average Bonchev–Trinajstić information content (AvgIpc) is 2.39. The van der Waals surface area contributed by atoms with E-state index in [1.807, 2.05) is 0 Å². The zero-order chi connectivity index (χ0) is 12.8. The van der Waals surface area contributed by atoms with Crippen LogP contribution in [0.25, 0.3) is 0 Å². The number of ether oxygens (including phenoxy) is 1. The highest BCUT2D eigenvalue weighted by atomic mass is 16.5. The predicted molar refractivity (Wildman–Crippen MR) is 71.1 cm³/mol. The van der Waals surface area contributed by atoms with Crippen LogP contribution in [0.1, 0.15) is 11.1 Å². The van der Waals surface area contributed by atoms with Gasteiger partial charge in [-0.3, -0.25) is 4.90 Å². The average molecular weight is 245 g/mol. The third-order valence-electron chi connectivity index (χ3n) is 3.17. The van der Waals surface area contributed by atoms with Gasteiger partial charge in [-0.05, 0) is 17.5 Å². The lowest BCUT2D eigenvalue weighted by molar-refractivity contribution is 0.0250. The molecule has 0 bridgehead atoms. The summed E-state index contributed by atoms with van der Waals surface area (Å²) in [5.41, 5.74) is 2.78. The highest BCUT2D eigenvalue weighted by Gasteiger charge is 2.18. The number of fused-ring (bicyclic) bond motifs is 1. The molecule has 0 fully saturated rings. The van der Waals surface area contributed by atoms with Crippen molar-refractivity contribution in [2.45, 2.75) is 19.1 Å². The van der Waals surface area contributed by atoms with Crippen molar-refractivity contribution in [3.63, 3.8) is 0 Å². The van der Waals surface area contributed by atoms with Gasteiger partial charge in [0.2, 0.25) is 0 Å². The van der Waals surface area contributed by atoms with Crippen molar-refractivity contribution in [2.24, 2.45) is 0 Å². The Balaban J connectivity index is 1.81. The van der Waals surface area contributed by atoms with Crippen LogP contribution >= 0.6 is 0 Å². The Morgan fingerprint density at radius 1 is 1.39 bits per heavy atom. The smallest absolute Gasteiger partial charge is 0.107 e. The topological polar surface area (TPSA) is 32.7 Å². The fraction of sp³-hybridized carbons (Fsp3) is 0.467. The second kappa shape index (κ2) is 6.55. The first-order valence-corrected chi connectivity index (χ1v) is 6.28. The minimum Gasteiger partial charge on any atom is -0.389 e. The van der Waals surface area contributed by atoms with Crippen LogP contribution in [0.2, 0.25) is 0 Å². The van der Waals surface area contributed by atoms with Gasteiger partial charge >= 0.3 is 0 Å². The van der Waals surface area contributed by atoms with Crippen LogP contribution in [0, 0.1) is 12.3 Å². The molecule has 3 heteroatoms. The molecule has 1 aromatic rings. The molecule has 1 unspecified atom stereocenters. The molecule has 2 rings (SSSR count). The number of terminal acetylenes is 1. The van der Waals surface area contributed by atoms with Crippen LogP contribution in [-0.2, 0) is 17.7 Å². The van der Waals surface area contributed by atoms with Crippen molar-refractivity contribution in [2.75, 3.05) is 26.3 Å². The van der Waals surface area contributed by atoms with Crippen LogP contribution in [0.4, 0.5) is 0 Å². The van der Waals surface area contributed by atoms with E-state index in [1.54, 1.807) is 0 Å². The summed E-state index contributed by atoms with van der Waals surface area (Å²) in [5.74, 6) is 2.39. The number of rotatable bonds is 5. The Labute approximate surface area is 108 Å². The van der Waals surface area contributed by atoms with E-state index in [0.717, 1.165) is 19.5 Å². The normalized spacial score (nSPS) is 16.9. The van der Waals surface area contributed by atoms with Gasteiger partial charge < -0.3 is 9.84 Å². The quantitative estimate of drug-likeness (QED) is 0.622. The van der Waals surface area contributed by atoms with Crippen molar-refractivity contribution in [1.29, 1.82) is 0 Å². The van der Waals surface area contributed by atoms with E-state index >= 15 is 0 Å². The van der Waals surface area contributed by atoms with Crippen LogP contribution in [-0.4, -0.2) is 42.4 Å². The van der Waals surface area contributed by atoms with E-state index < -0.39 is 6.10 Å². The Bertz CT molecular complexity index is 425. The summed E-state index contributed by atoms with van der Waals surface area (Å²) in [6.07, 6.45) is 5.67. The minimum absolute atomic E-state index is 0.264. The number of hydrogen-bond acceptors (Lipinski definition) is 3. The number of benzene rings is 1. The number of aliphatic hydroxyl groups excluding tert-OH is 1. The molecule has 0 spiro atoms. The summed E-state index contributed by atoms with van der Waals surface area (Å²) in [7, 11) is 0. The molecular formula is C15H19NO2. The third-order valence-corrected chi connectivity index (χ3v) is 3.17. The molecular weight excluding hydrogens is 226 g/mol. The number of hydrogen-bond donors (Lipinski definition) is 1. The molecule has 0 saturated carbocycles. The molecule has 1 aromatic carbocycles. The minimum atomic E-state index is -0.469. The van der Waals surface area contributed by atoms with E-state index in [9.17, 15) is 5.11 Å². The first-order valence-electron chi connectivity index (χ1n) is 6.28. The van der Waals surface area contributed by atoms with Crippen LogP contribution in [0.15, 0.2) is 24.3 Å². The fourth-order valence-corrected chi connectivity index (χ4v) is 2.31. The fourth-order valence-electron chi connectivity index (χ4n) is 2.31. The molecule has 1 aliphatic heterocycles. The standard InChI is InChI=1S/C15H19NO2/c1-2-9-18-12-15(17)11-16-8-7-13-5-3-4-6-14(13)10-16/h1,3-6,15,17H,7-12H2.